The maximum atomic E-state index is 10.5. The molecule has 1 fully saturated rings. The Labute approximate surface area is 119 Å². The number of nitrogens with one attached hydrogen (secondary N) is 1. The maximum Gasteiger partial charge on any atom is 0.297 e. The Kier molecular flexibility index (Phi) is 4.81. The Morgan fingerprint density at radius 2 is 2.24 bits per heavy atom. The molecule has 0 spiro atoms. The number of aliphatic hydroxyl groups is 3. The van der Waals surface area contributed by atoms with Crippen molar-refractivity contribution in [2.45, 2.75) is 18.3 Å². The number of ether oxygens (including phenoxy) is 1. The number of rotatable bonds is 2. The summed E-state index contributed by atoms with van der Waals surface area (Å²) in [6.07, 6.45) is -0.908. The monoisotopic (exact) mass is 297 g/mol. The number of para-hydroxylation sites is 1. The third-order valence-corrected chi connectivity index (χ3v) is 3.06. The molecule has 9 heteroatoms. The van der Waals surface area contributed by atoms with Crippen LogP contribution in [0, 0.1) is 10.1 Å². The Hall–Kier alpha value is -2.07. The van der Waals surface area contributed by atoms with Gasteiger partial charge in [0.05, 0.1) is 30.0 Å². The zero-order valence-electron chi connectivity index (χ0n) is 10.9. The summed E-state index contributed by atoms with van der Waals surface area (Å²) in [4.78, 5) is 16.7. The molecule has 114 valence electrons. The molecule has 1 saturated heterocycles. The third-order valence-electron chi connectivity index (χ3n) is 3.06. The number of H-pyrrole nitrogens is 1. The minimum atomic E-state index is -0.921. The van der Waals surface area contributed by atoms with E-state index in [1.807, 2.05) is 0 Å². The average molecular weight is 297 g/mol. The highest BCUT2D eigenvalue weighted by atomic mass is 16.6. The van der Waals surface area contributed by atoms with E-state index >= 15 is 0 Å². The smallest absolute Gasteiger partial charge is 0.297 e. The van der Waals surface area contributed by atoms with Gasteiger partial charge < -0.3 is 25.0 Å². The lowest BCUT2D eigenvalue weighted by Gasteiger charge is -2.10. The highest BCUT2D eigenvalue weighted by Gasteiger charge is 2.33. The third kappa shape index (κ3) is 3.34. The van der Waals surface area contributed by atoms with E-state index in [-0.39, 0.29) is 18.9 Å². The lowest BCUT2D eigenvalue weighted by atomic mass is 10.2. The van der Waals surface area contributed by atoms with Gasteiger partial charge in [-0.25, -0.2) is 4.98 Å². The van der Waals surface area contributed by atoms with Gasteiger partial charge in [0.15, 0.2) is 5.52 Å². The van der Waals surface area contributed by atoms with Crippen molar-refractivity contribution in [3.63, 3.8) is 0 Å². The number of aromatic amines is 1. The first kappa shape index (κ1) is 15.3. The average Bonchev–Trinajstić information content (AvgIpc) is 3.07. The number of nitro groups is 1. The van der Waals surface area contributed by atoms with Gasteiger partial charge in [-0.1, -0.05) is 6.07 Å². The highest BCUT2D eigenvalue weighted by molar-refractivity contribution is 5.83. The lowest BCUT2D eigenvalue weighted by molar-refractivity contribution is -0.383. The van der Waals surface area contributed by atoms with Crippen LogP contribution in [-0.2, 0) is 4.74 Å². The number of aromatic nitrogens is 2. The predicted octanol–water partition coefficient (Wildman–Crippen LogP) is -0.430. The summed E-state index contributed by atoms with van der Waals surface area (Å²) in [6.45, 7) is -0.120. The van der Waals surface area contributed by atoms with Crippen molar-refractivity contribution < 1.29 is 25.0 Å². The van der Waals surface area contributed by atoms with Gasteiger partial charge in [0.1, 0.15) is 18.3 Å². The van der Waals surface area contributed by atoms with Gasteiger partial charge in [0, 0.05) is 6.07 Å². The van der Waals surface area contributed by atoms with E-state index in [2.05, 4.69) is 9.97 Å². The van der Waals surface area contributed by atoms with Crippen molar-refractivity contribution in [2.75, 3.05) is 13.2 Å². The molecular weight excluding hydrogens is 282 g/mol. The predicted molar refractivity (Wildman–Crippen MR) is 71.6 cm³/mol. The van der Waals surface area contributed by atoms with Gasteiger partial charge in [0.2, 0.25) is 0 Å². The van der Waals surface area contributed by atoms with Crippen molar-refractivity contribution in [1.29, 1.82) is 0 Å². The number of hydrogen-bond acceptors (Lipinski definition) is 7. The molecule has 9 nitrogen and oxygen atoms in total. The molecule has 0 unspecified atom stereocenters. The van der Waals surface area contributed by atoms with E-state index in [0.717, 1.165) is 0 Å². The van der Waals surface area contributed by atoms with Crippen LogP contribution in [0.3, 0.4) is 0 Å². The van der Waals surface area contributed by atoms with Crippen LogP contribution < -0.4 is 0 Å². The van der Waals surface area contributed by atoms with Gasteiger partial charge in [-0.15, -0.1) is 0 Å². The largest absolute Gasteiger partial charge is 0.394 e. The molecule has 1 aromatic heterocycles. The van der Waals surface area contributed by atoms with E-state index in [9.17, 15) is 10.1 Å². The molecule has 0 amide bonds. The first-order chi connectivity index (χ1) is 10.0. The number of fused-ring (bicyclic) bond motifs is 1. The molecule has 3 rings (SSSR count). The van der Waals surface area contributed by atoms with Gasteiger partial charge in [-0.05, 0) is 6.07 Å². The first-order valence-corrected chi connectivity index (χ1v) is 6.19. The van der Waals surface area contributed by atoms with Crippen LogP contribution >= 0.6 is 0 Å². The molecule has 3 atom stereocenters. The van der Waals surface area contributed by atoms with Crippen molar-refractivity contribution >= 4 is 16.7 Å². The van der Waals surface area contributed by atoms with Crippen LogP contribution in [-0.4, -0.2) is 61.7 Å². The molecule has 1 aliphatic rings. The summed E-state index contributed by atoms with van der Waals surface area (Å²) < 4.78 is 4.78. The molecular formula is C12H15N3O6. The summed E-state index contributed by atoms with van der Waals surface area (Å²) in [5, 5.41) is 36.7. The fraction of sp³-hybridized carbons (Fsp3) is 0.417. The van der Waals surface area contributed by atoms with Gasteiger partial charge in [0.25, 0.3) is 5.69 Å². The molecule has 21 heavy (non-hydrogen) atoms. The number of nitrogens with zero attached hydrogens (tertiary/aromatic N) is 2. The molecule has 1 aromatic carbocycles. The van der Waals surface area contributed by atoms with Gasteiger partial charge in [-0.3, -0.25) is 10.1 Å². The lowest BCUT2D eigenvalue weighted by Crippen LogP contribution is -2.31. The second-order valence-corrected chi connectivity index (χ2v) is 4.45. The number of non-ortho nitro benzene ring substituents is 1. The maximum absolute atomic E-state index is 10.5. The molecule has 0 saturated carbocycles. The zero-order valence-corrected chi connectivity index (χ0v) is 10.9. The highest BCUT2D eigenvalue weighted by Crippen LogP contribution is 2.21. The summed E-state index contributed by atoms with van der Waals surface area (Å²) in [6, 6.07) is 4.80. The first-order valence-electron chi connectivity index (χ1n) is 6.19. The zero-order chi connectivity index (χ0) is 15.4. The fourth-order valence-electron chi connectivity index (χ4n) is 1.93. The number of imidazole rings is 1. The minimum Gasteiger partial charge on any atom is -0.394 e. The topological polar surface area (TPSA) is 142 Å². The van der Waals surface area contributed by atoms with Crippen LogP contribution in [0.1, 0.15) is 0 Å². The molecule has 2 aromatic rings. The molecule has 0 aliphatic carbocycles. The summed E-state index contributed by atoms with van der Waals surface area (Å²) >= 11 is 0. The Balaban J connectivity index is 0.000000161. The van der Waals surface area contributed by atoms with Crippen LogP contribution in [0.4, 0.5) is 5.69 Å². The SMILES string of the molecule is O=[N+]([O-])c1cccc2[nH]cnc12.OC[C@H]1OC[C@H](O)[C@@H]1O. The summed E-state index contributed by atoms with van der Waals surface area (Å²) in [7, 11) is 0. The summed E-state index contributed by atoms with van der Waals surface area (Å²) in [5.41, 5.74) is 1.13. The second-order valence-electron chi connectivity index (χ2n) is 4.45. The normalized spacial score (nSPS) is 24.6. The number of benzene rings is 1. The standard InChI is InChI=1S/C7H5N3O2.C5H10O4/c11-10(12)6-3-1-2-5-7(6)9-4-8-5;6-1-4-5(8)3(7)2-9-4/h1-4H,(H,8,9);3-8H,1-2H2/t;3-,4+,5-/m.0/s1. The van der Waals surface area contributed by atoms with E-state index in [0.29, 0.717) is 11.0 Å². The van der Waals surface area contributed by atoms with Crippen molar-refractivity contribution in [3.8, 4) is 0 Å². The molecule has 0 radical (unpaired) electrons. The van der Waals surface area contributed by atoms with Crippen LogP contribution in [0.5, 0.6) is 0 Å². The van der Waals surface area contributed by atoms with Crippen molar-refractivity contribution in [3.05, 3.63) is 34.6 Å². The van der Waals surface area contributed by atoms with Gasteiger partial charge >= 0.3 is 0 Å². The van der Waals surface area contributed by atoms with Gasteiger partial charge in [-0.2, -0.15) is 0 Å². The molecule has 4 N–H and O–H groups in total. The van der Waals surface area contributed by atoms with E-state index < -0.39 is 23.2 Å². The summed E-state index contributed by atoms with van der Waals surface area (Å²) in [5.74, 6) is 0. The second kappa shape index (κ2) is 6.59. The molecule has 1 aliphatic heterocycles. The Bertz CT molecular complexity index is 616. The number of aliphatic hydroxyl groups excluding tert-OH is 3. The quantitative estimate of drug-likeness (QED) is 0.435. The van der Waals surface area contributed by atoms with E-state index in [1.54, 1.807) is 12.1 Å². The van der Waals surface area contributed by atoms with E-state index in [1.165, 1.54) is 12.4 Å². The van der Waals surface area contributed by atoms with Crippen LogP contribution in [0.2, 0.25) is 0 Å². The van der Waals surface area contributed by atoms with Crippen LogP contribution in [0.25, 0.3) is 11.0 Å². The van der Waals surface area contributed by atoms with Crippen molar-refractivity contribution in [1.82, 2.24) is 9.97 Å². The minimum absolute atomic E-state index is 0.0359. The van der Waals surface area contributed by atoms with E-state index in [4.69, 9.17) is 20.1 Å². The Morgan fingerprint density at radius 3 is 2.76 bits per heavy atom. The molecule has 2 heterocycles. The molecule has 0 bridgehead atoms. The number of hydrogen-bond donors (Lipinski definition) is 4. The Morgan fingerprint density at radius 1 is 1.48 bits per heavy atom. The van der Waals surface area contributed by atoms with Crippen molar-refractivity contribution in [2.24, 2.45) is 0 Å². The number of nitro benzene ring substituents is 1. The van der Waals surface area contributed by atoms with Crippen LogP contribution in [0.15, 0.2) is 24.5 Å². The fourth-order valence-corrected chi connectivity index (χ4v) is 1.93.